The lowest BCUT2D eigenvalue weighted by atomic mass is 9.93. The van der Waals surface area contributed by atoms with Gasteiger partial charge in [0.25, 0.3) is 0 Å². The minimum Gasteiger partial charge on any atom is -0.393 e. The van der Waals surface area contributed by atoms with Crippen molar-refractivity contribution >= 4 is 0 Å². The maximum atomic E-state index is 10.7. The van der Waals surface area contributed by atoms with E-state index < -0.39 is 30.7 Å². The van der Waals surface area contributed by atoms with Gasteiger partial charge in [-0.05, 0) is 11.1 Å². The normalized spacial score (nSPS) is 27.7. The van der Waals surface area contributed by atoms with E-state index in [1.54, 1.807) is 0 Å². The van der Waals surface area contributed by atoms with Crippen molar-refractivity contribution in [2.75, 3.05) is 20.3 Å². The van der Waals surface area contributed by atoms with Gasteiger partial charge in [-0.3, -0.25) is 0 Å². The zero-order chi connectivity index (χ0) is 19.1. The molecule has 0 bridgehead atoms. The van der Waals surface area contributed by atoms with Crippen LogP contribution in [0, 0.1) is 0 Å². The number of hydrogen-bond acceptors (Lipinski definition) is 6. The summed E-state index contributed by atoms with van der Waals surface area (Å²) in [7, 11) is 1.44. The van der Waals surface area contributed by atoms with E-state index in [1.807, 2.05) is 60.7 Å². The van der Waals surface area contributed by atoms with Gasteiger partial charge < -0.3 is 29.2 Å². The summed E-state index contributed by atoms with van der Waals surface area (Å²) in [5.74, 6) is 0. The number of aliphatic hydroxyl groups excluding tert-OH is 2. The van der Waals surface area contributed by atoms with Gasteiger partial charge in [-0.25, -0.2) is 0 Å². The van der Waals surface area contributed by atoms with E-state index >= 15 is 0 Å². The van der Waals surface area contributed by atoms with Crippen LogP contribution in [0.25, 0.3) is 0 Å². The highest BCUT2D eigenvalue weighted by Gasteiger charge is 2.57. The SMILES string of the molecule is COC1O[C@H](COCc2ccccc2)[C@@](CO)(OCc2ccccc2)[C@H]1O. The molecular weight excluding hydrogens is 348 g/mol. The summed E-state index contributed by atoms with van der Waals surface area (Å²) >= 11 is 0. The molecule has 1 heterocycles. The molecule has 6 nitrogen and oxygen atoms in total. The van der Waals surface area contributed by atoms with Crippen LogP contribution in [0.2, 0.25) is 0 Å². The molecule has 0 saturated carbocycles. The van der Waals surface area contributed by atoms with E-state index in [1.165, 1.54) is 7.11 Å². The van der Waals surface area contributed by atoms with Gasteiger partial charge in [0.05, 0.1) is 26.4 Å². The third kappa shape index (κ3) is 4.55. The van der Waals surface area contributed by atoms with Crippen molar-refractivity contribution in [3.8, 4) is 0 Å². The van der Waals surface area contributed by atoms with E-state index in [4.69, 9.17) is 18.9 Å². The quantitative estimate of drug-likeness (QED) is 0.698. The number of rotatable bonds is 9. The molecule has 0 aliphatic carbocycles. The fourth-order valence-corrected chi connectivity index (χ4v) is 3.21. The fraction of sp³-hybridized carbons (Fsp3) is 0.429. The fourth-order valence-electron chi connectivity index (χ4n) is 3.21. The van der Waals surface area contributed by atoms with E-state index in [9.17, 15) is 10.2 Å². The first kappa shape index (κ1) is 19.9. The third-order valence-electron chi connectivity index (χ3n) is 4.81. The van der Waals surface area contributed by atoms with Gasteiger partial charge in [-0.2, -0.15) is 0 Å². The lowest BCUT2D eigenvalue weighted by Gasteiger charge is -2.34. The Balaban J connectivity index is 1.68. The van der Waals surface area contributed by atoms with Gasteiger partial charge in [0.1, 0.15) is 12.2 Å². The van der Waals surface area contributed by atoms with E-state index in [-0.39, 0.29) is 13.2 Å². The summed E-state index contributed by atoms with van der Waals surface area (Å²) in [5, 5.41) is 20.8. The minimum atomic E-state index is -1.33. The van der Waals surface area contributed by atoms with Gasteiger partial charge in [0.2, 0.25) is 0 Å². The number of hydrogen-bond donors (Lipinski definition) is 2. The van der Waals surface area contributed by atoms with Crippen molar-refractivity contribution in [3.05, 3.63) is 71.8 Å². The smallest absolute Gasteiger partial charge is 0.186 e. The van der Waals surface area contributed by atoms with E-state index in [0.29, 0.717) is 6.61 Å². The zero-order valence-corrected chi connectivity index (χ0v) is 15.4. The standard InChI is InChI=1S/C21H26O6/c1-24-20-19(23)21(15-22,26-13-17-10-6-3-7-11-17)18(27-20)14-25-12-16-8-4-2-5-9-16/h2-11,18-20,22-23H,12-15H2,1H3/t18-,19+,20?,21-/m1/s1. The van der Waals surface area contributed by atoms with Crippen molar-refractivity contribution in [2.45, 2.75) is 37.3 Å². The molecule has 2 N–H and O–H groups in total. The predicted molar refractivity (Wildman–Crippen MR) is 98.8 cm³/mol. The molecule has 1 aliphatic heterocycles. The van der Waals surface area contributed by atoms with Crippen LogP contribution in [0.5, 0.6) is 0 Å². The highest BCUT2D eigenvalue weighted by Crippen LogP contribution is 2.36. The summed E-state index contributed by atoms with van der Waals surface area (Å²) < 4.78 is 22.8. The Morgan fingerprint density at radius 2 is 1.56 bits per heavy atom. The zero-order valence-electron chi connectivity index (χ0n) is 15.4. The maximum absolute atomic E-state index is 10.7. The molecule has 0 aromatic heterocycles. The Kier molecular flexibility index (Phi) is 6.95. The first-order valence-electron chi connectivity index (χ1n) is 8.96. The molecule has 6 heteroatoms. The molecule has 0 radical (unpaired) electrons. The molecule has 146 valence electrons. The largest absolute Gasteiger partial charge is 0.393 e. The van der Waals surface area contributed by atoms with E-state index in [0.717, 1.165) is 11.1 Å². The summed E-state index contributed by atoms with van der Waals surface area (Å²) in [6.45, 7) is 0.365. The minimum absolute atomic E-state index is 0.154. The lowest BCUT2D eigenvalue weighted by molar-refractivity contribution is -0.171. The van der Waals surface area contributed by atoms with Gasteiger partial charge in [-0.1, -0.05) is 60.7 Å². The highest BCUT2D eigenvalue weighted by atomic mass is 16.7. The second-order valence-electron chi connectivity index (χ2n) is 6.56. The molecule has 1 fully saturated rings. The van der Waals surface area contributed by atoms with Crippen LogP contribution in [0.4, 0.5) is 0 Å². The lowest BCUT2D eigenvalue weighted by Crippen LogP contribution is -2.55. The summed E-state index contributed by atoms with van der Waals surface area (Å²) in [4.78, 5) is 0. The molecule has 2 aromatic rings. The van der Waals surface area contributed by atoms with Crippen molar-refractivity contribution < 1.29 is 29.2 Å². The Bertz CT molecular complexity index is 680. The Morgan fingerprint density at radius 1 is 0.963 bits per heavy atom. The molecule has 0 spiro atoms. The number of ether oxygens (including phenoxy) is 4. The van der Waals surface area contributed by atoms with Crippen LogP contribution in [0.15, 0.2) is 60.7 Å². The third-order valence-corrected chi connectivity index (χ3v) is 4.81. The maximum Gasteiger partial charge on any atom is 0.186 e. The average Bonchev–Trinajstić information content (AvgIpc) is 2.99. The molecular formula is C21H26O6. The number of aliphatic hydroxyl groups is 2. The van der Waals surface area contributed by atoms with Crippen molar-refractivity contribution in [1.29, 1.82) is 0 Å². The van der Waals surface area contributed by atoms with Crippen LogP contribution in [-0.2, 0) is 32.2 Å². The first-order valence-corrected chi connectivity index (χ1v) is 8.96. The second kappa shape index (κ2) is 9.41. The van der Waals surface area contributed by atoms with E-state index in [2.05, 4.69) is 0 Å². The summed E-state index contributed by atoms with van der Waals surface area (Å²) in [6.07, 6.45) is -2.70. The molecule has 3 rings (SSSR count). The topological polar surface area (TPSA) is 77.4 Å². The molecule has 1 saturated heterocycles. The summed E-state index contributed by atoms with van der Waals surface area (Å²) in [6, 6.07) is 19.3. The number of benzene rings is 2. The molecule has 4 atom stereocenters. The molecule has 2 aromatic carbocycles. The van der Waals surface area contributed by atoms with Crippen LogP contribution < -0.4 is 0 Å². The van der Waals surface area contributed by atoms with Gasteiger partial charge in [0.15, 0.2) is 11.9 Å². The second-order valence-corrected chi connectivity index (χ2v) is 6.56. The average molecular weight is 374 g/mol. The Morgan fingerprint density at radius 3 is 2.11 bits per heavy atom. The number of methoxy groups -OCH3 is 1. The van der Waals surface area contributed by atoms with Crippen molar-refractivity contribution in [3.63, 3.8) is 0 Å². The monoisotopic (exact) mass is 374 g/mol. The molecule has 27 heavy (non-hydrogen) atoms. The van der Waals surface area contributed by atoms with Crippen LogP contribution in [-0.4, -0.2) is 54.6 Å². The Hall–Kier alpha value is -1.80. The highest BCUT2D eigenvalue weighted by molar-refractivity contribution is 5.15. The van der Waals surface area contributed by atoms with Crippen molar-refractivity contribution in [1.82, 2.24) is 0 Å². The molecule has 1 unspecified atom stereocenters. The molecule has 1 aliphatic rings. The van der Waals surface area contributed by atoms with Crippen LogP contribution in [0.1, 0.15) is 11.1 Å². The molecule has 0 amide bonds. The van der Waals surface area contributed by atoms with Gasteiger partial charge in [-0.15, -0.1) is 0 Å². The predicted octanol–water partition coefficient (Wildman–Crippen LogP) is 1.88. The van der Waals surface area contributed by atoms with Crippen LogP contribution >= 0.6 is 0 Å². The first-order chi connectivity index (χ1) is 13.2. The van der Waals surface area contributed by atoms with Gasteiger partial charge >= 0.3 is 0 Å². The van der Waals surface area contributed by atoms with Crippen LogP contribution in [0.3, 0.4) is 0 Å². The van der Waals surface area contributed by atoms with Gasteiger partial charge in [0, 0.05) is 7.11 Å². The van der Waals surface area contributed by atoms with Crippen molar-refractivity contribution in [2.24, 2.45) is 0 Å². The summed E-state index contributed by atoms with van der Waals surface area (Å²) in [5.41, 5.74) is 0.634. The Labute approximate surface area is 159 Å².